The largest absolute Gasteiger partial charge is 0.240 e. The lowest BCUT2D eigenvalue weighted by molar-refractivity contribution is 0.839. The summed E-state index contributed by atoms with van der Waals surface area (Å²) < 4.78 is 0. The average Bonchev–Trinajstić information content (AvgIpc) is 2.57. The third kappa shape index (κ3) is 3.11. The lowest BCUT2D eigenvalue weighted by Gasteiger charge is -2.17. The number of benzene rings is 2. The summed E-state index contributed by atoms with van der Waals surface area (Å²) in [7, 11) is 0. The SMILES string of the molecule is ClCc1ccnc(C(c2ccccc2)c2ccccc2)n1. The molecular weight excluding hydrogens is 280 g/mol. The number of aromatic nitrogens is 2. The molecule has 0 aliphatic carbocycles. The molecule has 0 radical (unpaired) electrons. The van der Waals surface area contributed by atoms with Crippen LogP contribution in [0.3, 0.4) is 0 Å². The average molecular weight is 295 g/mol. The van der Waals surface area contributed by atoms with Gasteiger partial charge in [-0.1, -0.05) is 60.7 Å². The minimum Gasteiger partial charge on any atom is -0.240 e. The molecule has 1 aromatic heterocycles. The zero-order valence-electron chi connectivity index (χ0n) is 11.5. The standard InChI is InChI=1S/C18H15ClN2/c19-13-16-11-12-20-18(21-16)17(14-7-3-1-4-8-14)15-9-5-2-6-10-15/h1-12,17H,13H2. The van der Waals surface area contributed by atoms with E-state index in [9.17, 15) is 0 Å². The molecule has 0 fully saturated rings. The van der Waals surface area contributed by atoms with E-state index in [1.165, 1.54) is 11.1 Å². The summed E-state index contributed by atoms with van der Waals surface area (Å²) in [5, 5.41) is 0. The Labute approximate surface area is 129 Å². The minimum absolute atomic E-state index is 0.0237. The molecule has 0 amide bonds. The molecule has 3 aromatic rings. The van der Waals surface area contributed by atoms with E-state index in [-0.39, 0.29) is 5.92 Å². The molecular formula is C18H15ClN2. The Balaban J connectivity index is 2.12. The van der Waals surface area contributed by atoms with Crippen molar-refractivity contribution in [2.45, 2.75) is 11.8 Å². The maximum atomic E-state index is 5.91. The fourth-order valence-corrected chi connectivity index (χ4v) is 2.56. The number of nitrogens with zero attached hydrogens (tertiary/aromatic N) is 2. The number of hydrogen-bond donors (Lipinski definition) is 0. The van der Waals surface area contributed by atoms with Gasteiger partial charge in [-0.2, -0.15) is 0 Å². The van der Waals surface area contributed by atoms with Gasteiger partial charge in [-0.25, -0.2) is 9.97 Å². The molecule has 2 nitrogen and oxygen atoms in total. The molecule has 3 rings (SSSR count). The van der Waals surface area contributed by atoms with Gasteiger partial charge < -0.3 is 0 Å². The minimum atomic E-state index is 0.0237. The molecule has 0 saturated heterocycles. The highest BCUT2D eigenvalue weighted by atomic mass is 35.5. The van der Waals surface area contributed by atoms with E-state index in [1.54, 1.807) is 6.20 Å². The van der Waals surface area contributed by atoms with Gasteiger partial charge in [0.05, 0.1) is 17.5 Å². The molecule has 0 atom stereocenters. The van der Waals surface area contributed by atoms with Gasteiger partial charge >= 0.3 is 0 Å². The lowest BCUT2D eigenvalue weighted by atomic mass is 9.90. The quantitative estimate of drug-likeness (QED) is 0.667. The van der Waals surface area contributed by atoms with Gasteiger partial charge in [0, 0.05) is 6.20 Å². The molecule has 2 aromatic carbocycles. The first-order chi connectivity index (χ1) is 10.4. The van der Waals surface area contributed by atoms with Gasteiger partial charge in [-0.05, 0) is 17.2 Å². The zero-order valence-corrected chi connectivity index (χ0v) is 12.2. The molecule has 0 saturated carbocycles. The smallest absolute Gasteiger partial charge is 0.140 e. The Bertz CT molecular complexity index is 659. The van der Waals surface area contributed by atoms with Crippen LogP contribution >= 0.6 is 11.6 Å². The normalized spacial score (nSPS) is 10.8. The third-order valence-electron chi connectivity index (χ3n) is 3.39. The Morgan fingerprint density at radius 3 is 1.90 bits per heavy atom. The molecule has 21 heavy (non-hydrogen) atoms. The van der Waals surface area contributed by atoms with Crippen LogP contribution in [0.15, 0.2) is 72.9 Å². The molecule has 0 unspecified atom stereocenters. The van der Waals surface area contributed by atoms with Crippen molar-refractivity contribution in [3.63, 3.8) is 0 Å². The van der Waals surface area contributed by atoms with E-state index >= 15 is 0 Å². The summed E-state index contributed by atoms with van der Waals surface area (Å²) in [6.45, 7) is 0. The summed E-state index contributed by atoms with van der Waals surface area (Å²) in [5.74, 6) is 1.20. The van der Waals surface area contributed by atoms with Crippen molar-refractivity contribution in [1.29, 1.82) is 0 Å². The van der Waals surface area contributed by atoms with Crippen molar-refractivity contribution >= 4 is 11.6 Å². The van der Waals surface area contributed by atoms with Crippen molar-refractivity contribution in [1.82, 2.24) is 9.97 Å². The van der Waals surface area contributed by atoms with Crippen LogP contribution in [0.2, 0.25) is 0 Å². The summed E-state index contributed by atoms with van der Waals surface area (Å²) in [4.78, 5) is 9.07. The van der Waals surface area contributed by atoms with E-state index in [1.807, 2.05) is 42.5 Å². The number of alkyl halides is 1. The second kappa shape index (κ2) is 6.51. The van der Waals surface area contributed by atoms with E-state index < -0.39 is 0 Å². The van der Waals surface area contributed by atoms with Crippen LogP contribution in [0.4, 0.5) is 0 Å². The molecule has 0 bridgehead atoms. The number of hydrogen-bond acceptors (Lipinski definition) is 2. The maximum absolute atomic E-state index is 5.91. The zero-order chi connectivity index (χ0) is 14.5. The third-order valence-corrected chi connectivity index (χ3v) is 3.67. The van der Waals surface area contributed by atoms with Crippen LogP contribution < -0.4 is 0 Å². The van der Waals surface area contributed by atoms with Crippen molar-refractivity contribution < 1.29 is 0 Å². The first-order valence-corrected chi connectivity index (χ1v) is 7.39. The number of rotatable bonds is 4. The second-order valence-electron chi connectivity index (χ2n) is 4.79. The summed E-state index contributed by atoms with van der Waals surface area (Å²) >= 11 is 5.91. The highest BCUT2D eigenvalue weighted by molar-refractivity contribution is 6.16. The Morgan fingerprint density at radius 2 is 1.38 bits per heavy atom. The molecule has 1 heterocycles. The molecule has 104 valence electrons. The van der Waals surface area contributed by atoms with Crippen LogP contribution in [0.25, 0.3) is 0 Å². The second-order valence-corrected chi connectivity index (χ2v) is 5.06. The first-order valence-electron chi connectivity index (χ1n) is 6.86. The van der Waals surface area contributed by atoms with Gasteiger partial charge in [-0.3, -0.25) is 0 Å². The van der Waals surface area contributed by atoms with Crippen LogP contribution in [-0.4, -0.2) is 9.97 Å². The van der Waals surface area contributed by atoms with Crippen molar-refractivity contribution in [2.75, 3.05) is 0 Å². The van der Waals surface area contributed by atoms with Crippen molar-refractivity contribution in [3.05, 3.63) is 95.6 Å². The molecule has 3 heteroatoms. The van der Waals surface area contributed by atoms with Gasteiger partial charge in [0.25, 0.3) is 0 Å². The van der Waals surface area contributed by atoms with Crippen LogP contribution in [-0.2, 0) is 5.88 Å². The van der Waals surface area contributed by atoms with Crippen LogP contribution in [0.1, 0.15) is 28.6 Å². The molecule has 0 N–H and O–H groups in total. The predicted octanol–water partition coefficient (Wildman–Crippen LogP) is 4.40. The fraction of sp³-hybridized carbons (Fsp3) is 0.111. The van der Waals surface area contributed by atoms with Crippen molar-refractivity contribution in [2.24, 2.45) is 0 Å². The van der Waals surface area contributed by atoms with Crippen molar-refractivity contribution in [3.8, 4) is 0 Å². The Morgan fingerprint density at radius 1 is 0.810 bits per heavy atom. The van der Waals surface area contributed by atoms with Crippen LogP contribution in [0.5, 0.6) is 0 Å². The van der Waals surface area contributed by atoms with E-state index in [0.29, 0.717) is 5.88 Å². The highest BCUT2D eigenvalue weighted by Gasteiger charge is 2.19. The Hall–Kier alpha value is -2.19. The van der Waals surface area contributed by atoms with Crippen LogP contribution in [0, 0.1) is 0 Å². The monoisotopic (exact) mass is 294 g/mol. The summed E-state index contributed by atoms with van der Waals surface area (Å²) in [6, 6.07) is 22.5. The van der Waals surface area contributed by atoms with Gasteiger partial charge in [0.2, 0.25) is 0 Å². The lowest BCUT2D eigenvalue weighted by Crippen LogP contribution is -2.09. The summed E-state index contributed by atoms with van der Waals surface area (Å²) in [5.41, 5.74) is 3.20. The summed E-state index contributed by atoms with van der Waals surface area (Å²) in [6.07, 6.45) is 1.78. The van der Waals surface area contributed by atoms with Gasteiger partial charge in [0.15, 0.2) is 0 Å². The first kappa shape index (κ1) is 13.8. The topological polar surface area (TPSA) is 25.8 Å². The fourth-order valence-electron chi connectivity index (χ4n) is 2.41. The predicted molar refractivity (Wildman–Crippen MR) is 85.4 cm³/mol. The van der Waals surface area contributed by atoms with Gasteiger partial charge in [0.1, 0.15) is 5.82 Å². The number of halogens is 1. The molecule has 0 spiro atoms. The Kier molecular flexibility index (Phi) is 4.27. The molecule has 0 aliphatic rings. The van der Waals surface area contributed by atoms with E-state index in [0.717, 1.165) is 11.5 Å². The highest BCUT2D eigenvalue weighted by Crippen LogP contribution is 2.29. The molecule has 0 aliphatic heterocycles. The van der Waals surface area contributed by atoms with Gasteiger partial charge in [-0.15, -0.1) is 11.6 Å². The van der Waals surface area contributed by atoms with E-state index in [4.69, 9.17) is 11.6 Å². The van der Waals surface area contributed by atoms with E-state index in [2.05, 4.69) is 34.2 Å². The maximum Gasteiger partial charge on any atom is 0.140 e.